The number of benzene rings is 1. The first kappa shape index (κ1) is 18.7. The minimum absolute atomic E-state index is 0.106. The summed E-state index contributed by atoms with van der Waals surface area (Å²) in [5.74, 6) is 0.651. The largest absolute Gasteiger partial charge is 0.383 e. The van der Waals surface area contributed by atoms with Crippen LogP contribution in [-0.4, -0.2) is 59.9 Å². The van der Waals surface area contributed by atoms with Gasteiger partial charge in [0.15, 0.2) is 0 Å². The predicted molar refractivity (Wildman–Crippen MR) is 103 cm³/mol. The third-order valence-corrected chi connectivity index (χ3v) is 5.31. The Morgan fingerprint density at radius 2 is 2.12 bits per heavy atom. The summed E-state index contributed by atoms with van der Waals surface area (Å²) in [6.45, 7) is 4.87. The number of hydrogen-bond donors (Lipinski definition) is 2. The molecule has 0 unspecified atom stereocenters. The number of likely N-dealkylation sites (tertiary alicyclic amines) is 2. The lowest BCUT2D eigenvalue weighted by atomic mass is 10.1. The van der Waals surface area contributed by atoms with Gasteiger partial charge in [0, 0.05) is 56.8 Å². The Kier molecular flexibility index (Phi) is 6.14. The van der Waals surface area contributed by atoms with E-state index in [4.69, 9.17) is 5.73 Å². The molecule has 3 rings (SSSR count). The number of rotatable bonds is 7. The molecule has 1 aromatic rings. The normalized spacial score (nSPS) is 24.2. The lowest BCUT2D eigenvalue weighted by molar-refractivity contribution is -0.133. The number of carbonyl (C=O) groups excluding carboxylic acids is 2. The highest BCUT2D eigenvalue weighted by Crippen LogP contribution is 2.21. The van der Waals surface area contributed by atoms with Crippen LogP contribution in [0.3, 0.4) is 0 Å². The zero-order chi connectivity index (χ0) is 18.5. The summed E-state index contributed by atoms with van der Waals surface area (Å²) in [6.07, 6.45) is 2.95. The maximum atomic E-state index is 12.7. The molecule has 2 aliphatic rings. The Balaban J connectivity index is 1.47. The fourth-order valence-corrected chi connectivity index (χ4v) is 4.00. The monoisotopic (exact) mass is 358 g/mol. The number of nitrogens with two attached hydrogens (primary N) is 1. The predicted octanol–water partition coefficient (Wildman–Crippen LogP) is 1.68. The van der Waals surface area contributed by atoms with Crippen molar-refractivity contribution in [2.45, 2.75) is 44.7 Å². The molecule has 2 aliphatic heterocycles. The summed E-state index contributed by atoms with van der Waals surface area (Å²) >= 11 is 0. The van der Waals surface area contributed by atoms with Gasteiger partial charge in [-0.15, -0.1) is 0 Å². The van der Waals surface area contributed by atoms with Crippen molar-refractivity contribution >= 4 is 17.5 Å². The van der Waals surface area contributed by atoms with Crippen molar-refractivity contribution < 1.29 is 9.59 Å². The van der Waals surface area contributed by atoms with Gasteiger partial charge in [0.05, 0.1) is 0 Å². The average Bonchev–Trinajstić information content (AvgIpc) is 3.20. The van der Waals surface area contributed by atoms with E-state index in [1.54, 1.807) is 4.90 Å². The second kappa shape index (κ2) is 8.54. The zero-order valence-corrected chi connectivity index (χ0v) is 15.6. The number of nitrogens with zero attached hydrogens (tertiary/aromatic N) is 2. The van der Waals surface area contributed by atoms with Crippen LogP contribution in [-0.2, 0) is 9.59 Å². The molecule has 142 valence electrons. The number of hydrogen-bond acceptors (Lipinski definition) is 4. The molecule has 0 saturated carbocycles. The lowest BCUT2D eigenvalue weighted by Crippen LogP contribution is -2.45. The third kappa shape index (κ3) is 4.75. The molecule has 2 saturated heterocycles. The molecule has 0 radical (unpaired) electrons. The Morgan fingerprint density at radius 3 is 2.81 bits per heavy atom. The van der Waals surface area contributed by atoms with E-state index in [-0.39, 0.29) is 23.9 Å². The molecule has 6 heteroatoms. The highest BCUT2D eigenvalue weighted by molar-refractivity contribution is 5.79. The first-order chi connectivity index (χ1) is 12.5. The van der Waals surface area contributed by atoms with Crippen LogP contribution in [0.4, 0.5) is 5.69 Å². The summed E-state index contributed by atoms with van der Waals surface area (Å²) in [6, 6.07) is 9.97. The van der Waals surface area contributed by atoms with Crippen LogP contribution in [0.2, 0.25) is 0 Å². The van der Waals surface area contributed by atoms with Crippen molar-refractivity contribution in [1.29, 1.82) is 0 Å². The van der Waals surface area contributed by atoms with Crippen LogP contribution in [0.25, 0.3) is 0 Å². The second-order valence-electron chi connectivity index (χ2n) is 7.70. The average molecular weight is 358 g/mol. The van der Waals surface area contributed by atoms with Gasteiger partial charge in [0.1, 0.15) is 0 Å². The number of carbonyl (C=O) groups is 2. The van der Waals surface area contributed by atoms with E-state index in [0.717, 1.165) is 38.2 Å². The van der Waals surface area contributed by atoms with Crippen molar-refractivity contribution in [2.75, 3.05) is 31.5 Å². The molecule has 6 nitrogen and oxygen atoms in total. The molecule has 1 aromatic carbocycles. The molecule has 0 aliphatic carbocycles. The Hall–Kier alpha value is -2.08. The fourth-order valence-electron chi connectivity index (χ4n) is 4.00. The fraction of sp³-hybridized carbons (Fsp3) is 0.600. The van der Waals surface area contributed by atoms with E-state index < -0.39 is 0 Å². The quantitative estimate of drug-likeness (QED) is 0.777. The van der Waals surface area contributed by atoms with Crippen LogP contribution < -0.4 is 11.1 Å². The van der Waals surface area contributed by atoms with E-state index in [0.29, 0.717) is 25.3 Å². The van der Waals surface area contributed by atoms with Crippen molar-refractivity contribution in [2.24, 2.45) is 11.7 Å². The molecule has 0 bridgehead atoms. The molecule has 26 heavy (non-hydrogen) atoms. The van der Waals surface area contributed by atoms with Crippen LogP contribution >= 0.6 is 0 Å². The standard InChI is InChI=1S/C20H30N4O2/c1-15-10-19(25)23(13-15)14-16(21)11-20(26)24-9-5-8-18(24)12-22-17-6-3-2-4-7-17/h2-4,6-7,15-16,18,22H,5,8-14,21H2,1H3/t15-,16+,18+/m1/s1. The van der Waals surface area contributed by atoms with Gasteiger partial charge in [-0.3, -0.25) is 9.59 Å². The molecule has 0 aromatic heterocycles. The van der Waals surface area contributed by atoms with Gasteiger partial charge in [-0.2, -0.15) is 0 Å². The Labute approximate surface area is 155 Å². The van der Waals surface area contributed by atoms with E-state index in [9.17, 15) is 9.59 Å². The van der Waals surface area contributed by atoms with E-state index in [1.165, 1.54) is 0 Å². The molecule has 3 atom stereocenters. The molecule has 2 fully saturated rings. The van der Waals surface area contributed by atoms with Crippen molar-refractivity contribution in [3.05, 3.63) is 30.3 Å². The molecular weight excluding hydrogens is 328 g/mol. The van der Waals surface area contributed by atoms with Gasteiger partial charge < -0.3 is 20.9 Å². The number of anilines is 1. The summed E-state index contributed by atoms with van der Waals surface area (Å²) in [7, 11) is 0. The summed E-state index contributed by atoms with van der Waals surface area (Å²) in [5, 5.41) is 3.42. The number of para-hydroxylation sites is 1. The minimum Gasteiger partial charge on any atom is -0.383 e. The Morgan fingerprint density at radius 1 is 1.35 bits per heavy atom. The maximum Gasteiger partial charge on any atom is 0.224 e. The lowest BCUT2D eigenvalue weighted by Gasteiger charge is -2.27. The minimum atomic E-state index is -0.292. The third-order valence-electron chi connectivity index (χ3n) is 5.31. The number of amides is 2. The van der Waals surface area contributed by atoms with E-state index in [1.807, 2.05) is 35.2 Å². The summed E-state index contributed by atoms with van der Waals surface area (Å²) in [5.41, 5.74) is 7.26. The summed E-state index contributed by atoms with van der Waals surface area (Å²) < 4.78 is 0. The van der Waals surface area contributed by atoms with Crippen LogP contribution in [0.1, 0.15) is 32.6 Å². The molecule has 2 amide bonds. The van der Waals surface area contributed by atoms with Gasteiger partial charge in [-0.05, 0) is 30.9 Å². The van der Waals surface area contributed by atoms with Crippen molar-refractivity contribution in [3.63, 3.8) is 0 Å². The van der Waals surface area contributed by atoms with Gasteiger partial charge in [-0.25, -0.2) is 0 Å². The van der Waals surface area contributed by atoms with Crippen LogP contribution in [0.15, 0.2) is 30.3 Å². The first-order valence-electron chi connectivity index (χ1n) is 9.64. The highest BCUT2D eigenvalue weighted by Gasteiger charge is 2.31. The van der Waals surface area contributed by atoms with Gasteiger partial charge >= 0.3 is 0 Å². The maximum absolute atomic E-state index is 12.7. The molecular formula is C20H30N4O2. The zero-order valence-electron chi connectivity index (χ0n) is 15.6. The smallest absolute Gasteiger partial charge is 0.224 e. The highest BCUT2D eigenvalue weighted by atomic mass is 16.2. The summed E-state index contributed by atoms with van der Waals surface area (Å²) in [4.78, 5) is 28.4. The number of nitrogens with one attached hydrogen (secondary N) is 1. The van der Waals surface area contributed by atoms with Gasteiger partial charge in [0.2, 0.25) is 11.8 Å². The molecule has 3 N–H and O–H groups in total. The van der Waals surface area contributed by atoms with Gasteiger partial charge in [0.25, 0.3) is 0 Å². The topological polar surface area (TPSA) is 78.7 Å². The molecule has 2 heterocycles. The van der Waals surface area contributed by atoms with Gasteiger partial charge in [-0.1, -0.05) is 25.1 Å². The van der Waals surface area contributed by atoms with Crippen LogP contribution in [0, 0.1) is 5.92 Å². The van der Waals surface area contributed by atoms with E-state index in [2.05, 4.69) is 12.2 Å². The molecule has 0 spiro atoms. The van der Waals surface area contributed by atoms with E-state index >= 15 is 0 Å². The van der Waals surface area contributed by atoms with Crippen molar-refractivity contribution in [1.82, 2.24) is 9.80 Å². The second-order valence-corrected chi connectivity index (χ2v) is 7.70. The van der Waals surface area contributed by atoms with Crippen molar-refractivity contribution in [3.8, 4) is 0 Å². The van der Waals surface area contributed by atoms with Crippen LogP contribution in [0.5, 0.6) is 0 Å². The SMILES string of the molecule is C[C@@H]1CC(=O)N(C[C@@H](N)CC(=O)N2CCC[C@H]2CNc2ccccc2)C1. The Bertz CT molecular complexity index is 621. The first-order valence-corrected chi connectivity index (χ1v) is 9.64.